The minimum Gasteiger partial charge on any atom is -0.360 e. The van der Waals surface area contributed by atoms with E-state index in [1.807, 2.05) is 13.0 Å². The molecule has 27 heavy (non-hydrogen) atoms. The van der Waals surface area contributed by atoms with Crippen LogP contribution in [0.15, 0.2) is 35.5 Å². The van der Waals surface area contributed by atoms with E-state index < -0.39 is 9.84 Å². The number of hydrogen-bond donors (Lipinski definition) is 1. The molecule has 1 N–H and O–H groups in total. The second kappa shape index (κ2) is 6.08. The molecule has 4 rings (SSSR count). The summed E-state index contributed by atoms with van der Waals surface area (Å²) >= 11 is 6.35. The van der Waals surface area contributed by atoms with Gasteiger partial charge >= 0.3 is 0 Å². The van der Waals surface area contributed by atoms with E-state index in [1.165, 1.54) is 6.26 Å². The van der Waals surface area contributed by atoms with Crippen LogP contribution in [0.4, 0.5) is 0 Å². The number of hydrogen-bond acceptors (Lipinski definition) is 5. The van der Waals surface area contributed by atoms with Gasteiger partial charge in [0, 0.05) is 35.0 Å². The third-order valence-electron chi connectivity index (χ3n) is 4.42. The zero-order valence-corrected chi connectivity index (χ0v) is 16.1. The van der Waals surface area contributed by atoms with Crippen LogP contribution in [0.5, 0.6) is 0 Å². The number of benzene rings is 1. The SMILES string of the molecule is Cc1cc(S(C)(=O)=O)c(Cn2cc3ccc(C#N)nc3n2)c2c(Cl)c[nH]c12. The number of H-pyrrole nitrogens is 1. The highest BCUT2D eigenvalue weighted by Crippen LogP contribution is 2.34. The van der Waals surface area contributed by atoms with Gasteiger partial charge in [-0.25, -0.2) is 13.4 Å². The fourth-order valence-corrected chi connectivity index (χ4v) is 4.50. The van der Waals surface area contributed by atoms with Crippen molar-refractivity contribution in [3.8, 4) is 6.07 Å². The Morgan fingerprint density at radius 2 is 2.15 bits per heavy atom. The molecule has 0 aliphatic heterocycles. The summed E-state index contributed by atoms with van der Waals surface area (Å²) in [6.07, 6.45) is 4.59. The third-order valence-corrected chi connectivity index (χ3v) is 5.89. The van der Waals surface area contributed by atoms with Gasteiger partial charge < -0.3 is 4.98 Å². The monoisotopic (exact) mass is 399 g/mol. The van der Waals surface area contributed by atoms with Gasteiger partial charge in [0.15, 0.2) is 15.5 Å². The lowest BCUT2D eigenvalue weighted by Gasteiger charge is -2.12. The molecular weight excluding hydrogens is 386 g/mol. The van der Waals surface area contributed by atoms with Gasteiger partial charge in [-0.05, 0) is 30.7 Å². The molecule has 0 unspecified atom stereocenters. The fraction of sp³-hybridized carbons (Fsp3) is 0.167. The largest absolute Gasteiger partial charge is 0.360 e. The number of sulfone groups is 1. The number of fused-ring (bicyclic) bond motifs is 2. The summed E-state index contributed by atoms with van der Waals surface area (Å²) in [5, 5.41) is 15.3. The Labute approximate surface area is 160 Å². The maximum atomic E-state index is 12.4. The molecule has 0 bridgehead atoms. The van der Waals surface area contributed by atoms with E-state index >= 15 is 0 Å². The van der Waals surface area contributed by atoms with Crippen LogP contribution in [-0.2, 0) is 16.4 Å². The van der Waals surface area contributed by atoms with E-state index in [0.717, 1.165) is 16.5 Å². The first-order valence-corrected chi connectivity index (χ1v) is 10.3. The molecule has 9 heteroatoms. The van der Waals surface area contributed by atoms with Crippen LogP contribution < -0.4 is 0 Å². The van der Waals surface area contributed by atoms with Crippen LogP contribution in [0.2, 0.25) is 5.02 Å². The zero-order valence-electron chi connectivity index (χ0n) is 14.5. The van der Waals surface area contributed by atoms with Crippen molar-refractivity contribution in [1.82, 2.24) is 19.7 Å². The first-order valence-electron chi connectivity index (χ1n) is 8.01. The Balaban J connectivity index is 1.94. The first-order chi connectivity index (χ1) is 12.8. The van der Waals surface area contributed by atoms with E-state index in [2.05, 4.69) is 15.1 Å². The minimum atomic E-state index is -3.48. The van der Waals surface area contributed by atoms with Crippen LogP contribution in [0.1, 0.15) is 16.8 Å². The van der Waals surface area contributed by atoms with Gasteiger partial charge in [0.05, 0.1) is 22.0 Å². The number of nitrogens with zero attached hydrogens (tertiary/aromatic N) is 4. The summed E-state index contributed by atoms with van der Waals surface area (Å²) in [7, 11) is -3.48. The second-order valence-electron chi connectivity index (χ2n) is 6.38. The molecule has 0 atom stereocenters. The van der Waals surface area contributed by atoms with E-state index in [4.69, 9.17) is 16.9 Å². The van der Waals surface area contributed by atoms with E-state index in [1.54, 1.807) is 35.3 Å². The van der Waals surface area contributed by atoms with Crippen LogP contribution >= 0.6 is 11.6 Å². The summed E-state index contributed by atoms with van der Waals surface area (Å²) in [6.45, 7) is 2.04. The molecule has 0 saturated heterocycles. The average molecular weight is 400 g/mol. The molecule has 0 saturated carbocycles. The van der Waals surface area contributed by atoms with Crippen molar-refractivity contribution in [2.24, 2.45) is 0 Å². The summed E-state index contributed by atoms with van der Waals surface area (Å²) < 4.78 is 26.4. The lowest BCUT2D eigenvalue weighted by molar-refractivity contribution is 0.599. The first kappa shape index (κ1) is 17.5. The quantitative estimate of drug-likeness (QED) is 0.569. The summed E-state index contributed by atoms with van der Waals surface area (Å²) in [5.74, 6) is 0. The molecule has 0 radical (unpaired) electrons. The molecule has 0 amide bonds. The van der Waals surface area contributed by atoms with Crippen molar-refractivity contribution >= 4 is 43.4 Å². The van der Waals surface area contributed by atoms with Gasteiger partial charge in [-0.15, -0.1) is 0 Å². The maximum absolute atomic E-state index is 12.4. The predicted octanol–water partition coefficient (Wildman–Crippen LogP) is 3.20. The van der Waals surface area contributed by atoms with E-state index in [0.29, 0.717) is 21.6 Å². The number of aromatic amines is 1. The highest BCUT2D eigenvalue weighted by atomic mass is 35.5. The maximum Gasteiger partial charge on any atom is 0.182 e. The standard InChI is InChI=1S/C18H14ClN5O2S/c1-10-5-15(27(2,25)26)13(16-14(19)7-21-17(10)16)9-24-8-11-3-4-12(6-20)22-18(11)23-24/h3-5,7-8,21H,9H2,1-2H3. The third kappa shape index (κ3) is 2.95. The number of aryl methyl sites for hydroxylation is 1. The smallest absolute Gasteiger partial charge is 0.182 e. The Hall–Kier alpha value is -2.89. The second-order valence-corrected chi connectivity index (χ2v) is 8.77. The molecule has 3 heterocycles. The molecular formula is C18H14ClN5O2S. The fourth-order valence-electron chi connectivity index (χ4n) is 3.23. The molecule has 0 aliphatic carbocycles. The Morgan fingerprint density at radius 1 is 1.37 bits per heavy atom. The Morgan fingerprint density at radius 3 is 2.85 bits per heavy atom. The van der Waals surface area contributed by atoms with Crippen molar-refractivity contribution < 1.29 is 8.42 Å². The summed E-state index contributed by atoms with van der Waals surface area (Å²) in [6, 6.07) is 7.00. The van der Waals surface area contributed by atoms with Gasteiger partial charge in [0.25, 0.3) is 0 Å². The summed E-state index contributed by atoms with van der Waals surface area (Å²) in [4.78, 5) is 7.49. The van der Waals surface area contributed by atoms with Gasteiger partial charge in [-0.1, -0.05) is 11.6 Å². The summed E-state index contributed by atoms with van der Waals surface area (Å²) in [5.41, 5.74) is 2.86. The molecule has 0 fully saturated rings. The molecule has 4 aromatic rings. The van der Waals surface area contributed by atoms with Crippen molar-refractivity contribution in [3.05, 3.63) is 52.4 Å². The molecule has 3 aromatic heterocycles. The number of rotatable bonds is 3. The Kier molecular flexibility index (Phi) is 3.94. The number of pyridine rings is 1. The van der Waals surface area contributed by atoms with Crippen molar-refractivity contribution in [2.75, 3.05) is 6.26 Å². The lowest BCUT2D eigenvalue weighted by Crippen LogP contribution is -2.09. The predicted molar refractivity (Wildman–Crippen MR) is 103 cm³/mol. The van der Waals surface area contributed by atoms with Crippen LogP contribution in [0, 0.1) is 18.3 Å². The van der Waals surface area contributed by atoms with Gasteiger partial charge in [0.2, 0.25) is 0 Å². The molecule has 0 spiro atoms. The normalized spacial score (nSPS) is 11.9. The highest BCUT2D eigenvalue weighted by molar-refractivity contribution is 7.90. The number of halogens is 1. The molecule has 7 nitrogen and oxygen atoms in total. The van der Waals surface area contributed by atoms with Gasteiger partial charge in [-0.2, -0.15) is 10.4 Å². The highest BCUT2D eigenvalue weighted by Gasteiger charge is 2.21. The lowest BCUT2D eigenvalue weighted by atomic mass is 10.1. The van der Waals surface area contributed by atoms with E-state index in [-0.39, 0.29) is 17.1 Å². The number of nitrogens with one attached hydrogen (secondary N) is 1. The van der Waals surface area contributed by atoms with Crippen molar-refractivity contribution in [1.29, 1.82) is 5.26 Å². The molecule has 1 aromatic carbocycles. The van der Waals surface area contributed by atoms with Crippen molar-refractivity contribution in [3.63, 3.8) is 0 Å². The minimum absolute atomic E-state index is 0.203. The number of aromatic nitrogens is 4. The van der Waals surface area contributed by atoms with Crippen LogP contribution in [-0.4, -0.2) is 34.4 Å². The average Bonchev–Trinajstić information content (AvgIpc) is 3.19. The van der Waals surface area contributed by atoms with Crippen molar-refractivity contribution in [2.45, 2.75) is 18.4 Å². The van der Waals surface area contributed by atoms with Crippen LogP contribution in [0.3, 0.4) is 0 Å². The van der Waals surface area contributed by atoms with Gasteiger partial charge in [-0.3, -0.25) is 4.68 Å². The molecule has 136 valence electrons. The van der Waals surface area contributed by atoms with Gasteiger partial charge in [0.1, 0.15) is 11.8 Å². The number of nitriles is 1. The Bertz CT molecular complexity index is 1360. The molecule has 0 aliphatic rings. The topological polar surface area (TPSA) is 104 Å². The zero-order chi connectivity index (χ0) is 19.3. The van der Waals surface area contributed by atoms with Crippen LogP contribution in [0.25, 0.3) is 21.9 Å². The van der Waals surface area contributed by atoms with E-state index in [9.17, 15) is 8.42 Å².